The molecule has 0 unspecified atom stereocenters. The Hall–Kier alpha value is -2.53. The first-order valence-electron chi connectivity index (χ1n) is 9.14. The average molecular weight is 410 g/mol. The van der Waals surface area contributed by atoms with Crippen LogP contribution in [0.1, 0.15) is 44.3 Å². The van der Waals surface area contributed by atoms with Gasteiger partial charge in [0.25, 0.3) is 5.89 Å². The minimum absolute atomic E-state index is 0.0568. The van der Waals surface area contributed by atoms with Crippen LogP contribution in [-0.2, 0) is 23.1 Å². The molecular weight excluding hydrogens is 388 g/mol. The number of rotatable bonds is 9. The predicted octanol–water partition coefficient (Wildman–Crippen LogP) is 2.68. The van der Waals surface area contributed by atoms with E-state index in [-0.39, 0.29) is 23.1 Å². The second-order valence-electron chi connectivity index (χ2n) is 6.49. The van der Waals surface area contributed by atoms with Gasteiger partial charge < -0.3 is 9.26 Å². The highest BCUT2D eigenvalue weighted by atomic mass is 32.2. The van der Waals surface area contributed by atoms with Crippen molar-refractivity contribution in [2.75, 3.05) is 13.1 Å². The van der Waals surface area contributed by atoms with E-state index in [4.69, 9.17) is 9.26 Å². The number of aromatic nitrogens is 2. The minimum Gasteiger partial charge on any atom is -0.477 e. The molecule has 2 heterocycles. The van der Waals surface area contributed by atoms with E-state index in [9.17, 15) is 18.5 Å². The molecule has 3 rings (SSSR count). The van der Waals surface area contributed by atoms with Gasteiger partial charge in [0.05, 0.1) is 9.82 Å². The Balaban J connectivity index is 1.76. The Morgan fingerprint density at radius 2 is 2.07 bits per heavy atom. The first-order chi connectivity index (χ1) is 13.4. The highest BCUT2D eigenvalue weighted by Gasteiger charge is 2.30. The summed E-state index contributed by atoms with van der Waals surface area (Å²) in [5.41, 5.74) is -0.425. The summed E-state index contributed by atoms with van der Waals surface area (Å²) >= 11 is 0. The lowest BCUT2D eigenvalue weighted by atomic mass is 10.2. The molecule has 0 N–H and O–H groups in total. The molecule has 0 saturated carbocycles. The van der Waals surface area contributed by atoms with Gasteiger partial charge in [-0.25, -0.2) is 8.42 Å². The van der Waals surface area contributed by atoms with Crippen LogP contribution >= 0.6 is 0 Å². The Bertz CT molecular complexity index is 937. The number of nitrogens with zero attached hydrogens (tertiary/aromatic N) is 4. The molecule has 1 fully saturated rings. The standard InChI is InChI=1S/C17H22N4O6S/c1-2-3-6-16-18-17(27-19-16)12-26-15-8-7-13(11-14(15)21(22)23)28(24,25)20-9-4-5-10-20/h7-8,11H,2-6,9-10,12H2,1H3. The van der Waals surface area contributed by atoms with E-state index in [0.717, 1.165) is 31.7 Å². The highest BCUT2D eigenvalue weighted by Crippen LogP contribution is 2.32. The number of nitro benzene ring substituents is 1. The summed E-state index contributed by atoms with van der Waals surface area (Å²) in [6.07, 6.45) is 4.18. The largest absolute Gasteiger partial charge is 0.477 e. The number of hydrogen-bond acceptors (Lipinski definition) is 8. The fourth-order valence-corrected chi connectivity index (χ4v) is 4.46. The van der Waals surface area contributed by atoms with E-state index >= 15 is 0 Å². The summed E-state index contributed by atoms with van der Waals surface area (Å²) in [5.74, 6) is 0.704. The Kier molecular flexibility index (Phi) is 6.25. The third kappa shape index (κ3) is 4.47. The molecule has 1 aromatic carbocycles. The number of benzene rings is 1. The summed E-state index contributed by atoms with van der Waals surface area (Å²) in [7, 11) is -3.75. The monoisotopic (exact) mass is 410 g/mol. The second-order valence-corrected chi connectivity index (χ2v) is 8.43. The third-order valence-electron chi connectivity index (χ3n) is 4.45. The zero-order chi connectivity index (χ0) is 20.1. The van der Waals surface area contributed by atoms with Crippen LogP contribution in [-0.4, -0.2) is 40.9 Å². The van der Waals surface area contributed by atoms with Crippen LogP contribution < -0.4 is 4.74 Å². The Labute approximate surface area is 162 Å². The van der Waals surface area contributed by atoms with E-state index in [1.807, 2.05) is 0 Å². The molecule has 11 heteroatoms. The van der Waals surface area contributed by atoms with E-state index in [1.54, 1.807) is 0 Å². The van der Waals surface area contributed by atoms with Gasteiger partial charge in [-0.05, 0) is 31.4 Å². The molecule has 0 atom stereocenters. The maximum Gasteiger partial charge on any atom is 0.312 e. The Morgan fingerprint density at radius 1 is 1.32 bits per heavy atom. The smallest absolute Gasteiger partial charge is 0.312 e. The molecule has 1 aliphatic heterocycles. The van der Waals surface area contributed by atoms with Crippen molar-refractivity contribution in [3.63, 3.8) is 0 Å². The predicted molar refractivity (Wildman–Crippen MR) is 98.3 cm³/mol. The average Bonchev–Trinajstić information content (AvgIpc) is 3.36. The first-order valence-corrected chi connectivity index (χ1v) is 10.6. The van der Waals surface area contributed by atoms with E-state index in [1.165, 1.54) is 16.4 Å². The molecule has 152 valence electrons. The van der Waals surface area contributed by atoms with Crippen LogP contribution in [0.15, 0.2) is 27.6 Å². The number of hydrogen-bond donors (Lipinski definition) is 0. The maximum atomic E-state index is 12.6. The molecule has 1 saturated heterocycles. The zero-order valence-corrected chi connectivity index (χ0v) is 16.4. The SMILES string of the molecule is CCCCc1noc(COc2ccc(S(=O)(=O)N3CCCC3)cc2[N+](=O)[O-])n1. The number of unbranched alkanes of at least 4 members (excludes halogenated alkanes) is 1. The highest BCUT2D eigenvalue weighted by molar-refractivity contribution is 7.89. The lowest BCUT2D eigenvalue weighted by molar-refractivity contribution is -0.386. The van der Waals surface area contributed by atoms with Gasteiger partial charge in [0.15, 0.2) is 18.2 Å². The molecule has 0 radical (unpaired) electrons. The van der Waals surface area contributed by atoms with Gasteiger partial charge in [0.2, 0.25) is 10.0 Å². The van der Waals surface area contributed by atoms with E-state index in [0.29, 0.717) is 25.3 Å². The number of ether oxygens (including phenoxy) is 1. The molecule has 0 aliphatic carbocycles. The zero-order valence-electron chi connectivity index (χ0n) is 15.5. The second kappa shape index (κ2) is 8.65. The molecule has 1 aliphatic rings. The number of nitro groups is 1. The van der Waals surface area contributed by atoms with Crippen molar-refractivity contribution < 1.29 is 22.6 Å². The van der Waals surface area contributed by atoms with Crippen LogP contribution in [0.4, 0.5) is 5.69 Å². The summed E-state index contributed by atoms with van der Waals surface area (Å²) in [5, 5.41) is 15.3. The number of aryl methyl sites for hydroxylation is 1. The van der Waals surface area contributed by atoms with E-state index < -0.39 is 20.6 Å². The Morgan fingerprint density at radius 3 is 2.75 bits per heavy atom. The van der Waals surface area contributed by atoms with Crippen molar-refractivity contribution in [3.8, 4) is 5.75 Å². The normalized spacial score (nSPS) is 15.0. The van der Waals surface area contributed by atoms with Crippen molar-refractivity contribution in [1.82, 2.24) is 14.4 Å². The molecule has 0 spiro atoms. The third-order valence-corrected chi connectivity index (χ3v) is 6.34. The van der Waals surface area contributed by atoms with Crippen LogP contribution in [0.5, 0.6) is 5.75 Å². The van der Waals surface area contributed by atoms with Gasteiger partial charge in [-0.1, -0.05) is 18.5 Å². The van der Waals surface area contributed by atoms with Gasteiger partial charge in [-0.3, -0.25) is 10.1 Å². The number of sulfonamides is 1. The molecule has 0 amide bonds. The molecule has 2 aromatic rings. The van der Waals surface area contributed by atoms with Crippen molar-refractivity contribution in [3.05, 3.63) is 40.0 Å². The van der Waals surface area contributed by atoms with Gasteiger partial charge in [-0.2, -0.15) is 9.29 Å². The molecule has 10 nitrogen and oxygen atoms in total. The molecule has 0 bridgehead atoms. The van der Waals surface area contributed by atoms with Gasteiger partial charge >= 0.3 is 5.69 Å². The lowest BCUT2D eigenvalue weighted by Gasteiger charge is -2.15. The van der Waals surface area contributed by atoms with E-state index in [2.05, 4.69) is 17.1 Å². The molecule has 1 aromatic heterocycles. The van der Waals surface area contributed by atoms with Crippen molar-refractivity contribution in [2.45, 2.75) is 50.5 Å². The topological polar surface area (TPSA) is 129 Å². The fraction of sp³-hybridized carbons (Fsp3) is 0.529. The lowest BCUT2D eigenvalue weighted by Crippen LogP contribution is -2.27. The molecular formula is C17H22N4O6S. The van der Waals surface area contributed by atoms with Crippen LogP contribution in [0.25, 0.3) is 0 Å². The summed E-state index contributed by atoms with van der Waals surface area (Å²) in [4.78, 5) is 14.8. The van der Waals surface area contributed by atoms with Crippen molar-refractivity contribution in [2.24, 2.45) is 0 Å². The maximum absolute atomic E-state index is 12.6. The molecule has 28 heavy (non-hydrogen) atoms. The van der Waals surface area contributed by atoms with Crippen LogP contribution in [0.2, 0.25) is 0 Å². The van der Waals surface area contributed by atoms with Gasteiger partial charge in [0, 0.05) is 25.6 Å². The quantitative estimate of drug-likeness (QED) is 0.456. The van der Waals surface area contributed by atoms with Gasteiger partial charge in [-0.15, -0.1) is 0 Å². The summed E-state index contributed by atoms with van der Waals surface area (Å²) in [6, 6.07) is 3.63. The summed E-state index contributed by atoms with van der Waals surface area (Å²) < 4.78 is 37.1. The minimum atomic E-state index is -3.75. The summed E-state index contributed by atoms with van der Waals surface area (Å²) in [6.45, 7) is 2.76. The first kappa shape index (κ1) is 20.2. The van der Waals surface area contributed by atoms with Crippen molar-refractivity contribution >= 4 is 15.7 Å². The van der Waals surface area contributed by atoms with Crippen LogP contribution in [0, 0.1) is 10.1 Å². The fourth-order valence-electron chi connectivity index (χ4n) is 2.92. The van der Waals surface area contributed by atoms with Crippen molar-refractivity contribution in [1.29, 1.82) is 0 Å². The van der Waals surface area contributed by atoms with Crippen LogP contribution in [0.3, 0.4) is 0 Å². The van der Waals surface area contributed by atoms with Gasteiger partial charge in [0.1, 0.15) is 0 Å².